The van der Waals surface area contributed by atoms with Crippen LogP contribution in [0.15, 0.2) is 42.6 Å². The third-order valence-corrected chi connectivity index (χ3v) is 4.42. The summed E-state index contributed by atoms with van der Waals surface area (Å²) in [6.07, 6.45) is 2.95. The maximum atomic E-state index is 6.30. The first-order valence-corrected chi connectivity index (χ1v) is 7.74. The standard InChI is InChI=1S/C17H20ClN3/c1-13-17(18)16(7-9-19-13)20-15-8-10-21(12-15)11-14-5-3-2-4-6-14/h2-7,9,15H,8,10-12H2,1H3,(H,19,20). The fraction of sp³-hybridized carbons (Fsp3) is 0.353. The molecule has 110 valence electrons. The molecule has 0 radical (unpaired) electrons. The van der Waals surface area contributed by atoms with Gasteiger partial charge in [-0.1, -0.05) is 41.9 Å². The summed E-state index contributed by atoms with van der Waals surface area (Å²) in [6.45, 7) is 5.12. The lowest BCUT2D eigenvalue weighted by molar-refractivity contribution is 0.328. The van der Waals surface area contributed by atoms with Gasteiger partial charge in [0, 0.05) is 31.9 Å². The van der Waals surface area contributed by atoms with E-state index in [0.717, 1.165) is 42.5 Å². The molecule has 1 N–H and O–H groups in total. The van der Waals surface area contributed by atoms with E-state index in [9.17, 15) is 0 Å². The summed E-state index contributed by atoms with van der Waals surface area (Å²) >= 11 is 6.30. The van der Waals surface area contributed by atoms with Crippen LogP contribution in [0.5, 0.6) is 0 Å². The smallest absolute Gasteiger partial charge is 0.0849 e. The largest absolute Gasteiger partial charge is 0.380 e. The highest BCUT2D eigenvalue weighted by atomic mass is 35.5. The number of nitrogens with zero attached hydrogens (tertiary/aromatic N) is 2. The first-order valence-electron chi connectivity index (χ1n) is 7.36. The van der Waals surface area contributed by atoms with Crippen LogP contribution < -0.4 is 5.32 Å². The minimum Gasteiger partial charge on any atom is -0.380 e. The molecule has 0 saturated carbocycles. The van der Waals surface area contributed by atoms with E-state index in [0.29, 0.717) is 6.04 Å². The Labute approximate surface area is 131 Å². The zero-order valence-corrected chi connectivity index (χ0v) is 13.0. The Hall–Kier alpha value is -1.58. The fourth-order valence-electron chi connectivity index (χ4n) is 2.82. The second-order valence-corrected chi connectivity index (χ2v) is 5.99. The number of hydrogen-bond acceptors (Lipinski definition) is 3. The van der Waals surface area contributed by atoms with Gasteiger partial charge in [-0.05, 0) is 25.0 Å². The van der Waals surface area contributed by atoms with Crippen LogP contribution in [-0.2, 0) is 6.54 Å². The Kier molecular flexibility index (Phi) is 4.42. The van der Waals surface area contributed by atoms with E-state index in [1.807, 2.05) is 13.0 Å². The number of halogens is 1. The molecule has 2 heterocycles. The topological polar surface area (TPSA) is 28.2 Å². The quantitative estimate of drug-likeness (QED) is 0.932. The minimum atomic E-state index is 0.452. The molecule has 1 saturated heterocycles. The maximum absolute atomic E-state index is 6.30. The Balaban J connectivity index is 1.59. The van der Waals surface area contributed by atoms with E-state index in [4.69, 9.17) is 11.6 Å². The lowest BCUT2D eigenvalue weighted by Crippen LogP contribution is -2.26. The van der Waals surface area contributed by atoms with Crippen LogP contribution in [0, 0.1) is 6.92 Å². The summed E-state index contributed by atoms with van der Waals surface area (Å²) in [5, 5.41) is 4.29. The molecule has 0 amide bonds. The molecule has 4 heteroatoms. The van der Waals surface area contributed by atoms with E-state index in [2.05, 4.69) is 45.5 Å². The van der Waals surface area contributed by atoms with Crippen molar-refractivity contribution in [2.75, 3.05) is 18.4 Å². The summed E-state index contributed by atoms with van der Waals surface area (Å²) in [4.78, 5) is 6.68. The zero-order chi connectivity index (χ0) is 14.7. The van der Waals surface area contributed by atoms with Crippen LogP contribution >= 0.6 is 11.6 Å². The van der Waals surface area contributed by atoms with Crippen LogP contribution in [0.2, 0.25) is 5.02 Å². The number of aromatic nitrogens is 1. The summed E-state index contributed by atoms with van der Waals surface area (Å²) in [7, 11) is 0. The van der Waals surface area contributed by atoms with Gasteiger partial charge in [0.15, 0.2) is 0 Å². The van der Waals surface area contributed by atoms with Crippen molar-refractivity contribution in [1.29, 1.82) is 0 Å². The number of pyridine rings is 1. The van der Waals surface area contributed by atoms with Crippen LogP contribution in [-0.4, -0.2) is 29.0 Å². The van der Waals surface area contributed by atoms with Gasteiger partial charge >= 0.3 is 0 Å². The van der Waals surface area contributed by atoms with Crippen molar-refractivity contribution in [3.63, 3.8) is 0 Å². The van der Waals surface area contributed by atoms with Crippen LogP contribution in [0.1, 0.15) is 17.7 Å². The average Bonchev–Trinajstić information content (AvgIpc) is 2.92. The molecule has 1 unspecified atom stereocenters. The van der Waals surface area contributed by atoms with Crippen molar-refractivity contribution in [3.8, 4) is 0 Å². The van der Waals surface area contributed by atoms with Gasteiger partial charge < -0.3 is 5.32 Å². The monoisotopic (exact) mass is 301 g/mol. The van der Waals surface area contributed by atoms with Gasteiger partial charge in [0.25, 0.3) is 0 Å². The van der Waals surface area contributed by atoms with Crippen molar-refractivity contribution in [3.05, 3.63) is 58.9 Å². The van der Waals surface area contributed by atoms with Gasteiger partial charge in [-0.3, -0.25) is 9.88 Å². The number of rotatable bonds is 4. The van der Waals surface area contributed by atoms with Gasteiger partial charge in [0.1, 0.15) is 0 Å². The van der Waals surface area contributed by atoms with Crippen LogP contribution in [0.3, 0.4) is 0 Å². The molecule has 1 fully saturated rings. The first kappa shape index (κ1) is 14.4. The van der Waals surface area contributed by atoms with Crippen molar-refractivity contribution >= 4 is 17.3 Å². The van der Waals surface area contributed by atoms with E-state index < -0.39 is 0 Å². The van der Waals surface area contributed by atoms with Gasteiger partial charge in [-0.2, -0.15) is 0 Å². The first-order chi connectivity index (χ1) is 10.2. The van der Waals surface area contributed by atoms with Crippen molar-refractivity contribution in [2.24, 2.45) is 0 Å². The van der Waals surface area contributed by atoms with Gasteiger partial charge in [-0.25, -0.2) is 0 Å². The summed E-state index contributed by atoms with van der Waals surface area (Å²) in [5.41, 5.74) is 3.24. The van der Waals surface area contributed by atoms with Crippen molar-refractivity contribution < 1.29 is 0 Å². The number of hydrogen-bond donors (Lipinski definition) is 1. The molecule has 1 aliphatic heterocycles. The van der Waals surface area contributed by atoms with E-state index >= 15 is 0 Å². The molecule has 1 aliphatic rings. The minimum absolute atomic E-state index is 0.452. The second kappa shape index (κ2) is 6.46. The fourth-order valence-corrected chi connectivity index (χ4v) is 2.98. The maximum Gasteiger partial charge on any atom is 0.0849 e. The Morgan fingerprint density at radius 1 is 1.29 bits per heavy atom. The SMILES string of the molecule is Cc1nccc(NC2CCN(Cc3ccccc3)C2)c1Cl. The van der Waals surface area contributed by atoms with E-state index in [1.165, 1.54) is 5.56 Å². The molecule has 1 atom stereocenters. The summed E-state index contributed by atoms with van der Waals surface area (Å²) in [6, 6.07) is 13.0. The molecule has 0 aliphatic carbocycles. The number of aryl methyl sites for hydroxylation is 1. The molecule has 2 aromatic rings. The Morgan fingerprint density at radius 2 is 2.10 bits per heavy atom. The molecule has 1 aromatic heterocycles. The van der Waals surface area contributed by atoms with Crippen LogP contribution in [0.4, 0.5) is 5.69 Å². The highest BCUT2D eigenvalue weighted by Crippen LogP contribution is 2.26. The Bertz CT molecular complexity index is 600. The van der Waals surface area contributed by atoms with Gasteiger partial charge in [0.05, 0.1) is 16.4 Å². The summed E-state index contributed by atoms with van der Waals surface area (Å²) in [5.74, 6) is 0. The van der Waals surface area contributed by atoms with Crippen LogP contribution in [0.25, 0.3) is 0 Å². The molecule has 3 rings (SSSR count). The molecular formula is C17H20ClN3. The normalized spacial score (nSPS) is 18.9. The third kappa shape index (κ3) is 3.55. The van der Waals surface area contributed by atoms with E-state index in [-0.39, 0.29) is 0 Å². The predicted octanol–water partition coefficient (Wildman–Crippen LogP) is 3.73. The lowest BCUT2D eigenvalue weighted by Gasteiger charge is -2.18. The molecule has 3 nitrogen and oxygen atoms in total. The Morgan fingerprint density at radius 3 is 2.90 bits per heavy atom. The van der Waals surface area contributed by atoms with Gasteiger partial charge in [0.2, 0.25) is 0 Å². The average molecular weight is 302 g/mol. The van der Waals surface area contributed by atoms with E-state index in [1.54, 1.807) is 6.20 Å². The van der Waals surface area contributed by atoms with Gasteiger partial charge in [-0.15, -0.1) is 0 Å². The molecular weight excluding hydrogens is 282 g/mol. The lowest BCUT2D eigenvalue weighted by atomic mass is 10.2. The molecule has 0 spiro atoms. The zero-order valence-electron chi connectivity index (χ0n) is 12.2. The predicted molar refractivity (Wildman–Crippen MR) is 87.7 cm³/mol. The molecule has 0 bridgehead atoms. The number of nitrogens with one attached hydrogen (secondary N) is 1. The highest BCUT2D eigenvalue weighted by molar-refractivity contribution is 6.33. The molecule has 1 aromatic carbocycles. The highest BCUT2D eigenvalue weighted by Gasteiger charge is 2.23. The number of likely N-dealkylation sites (tertiary alicyclic amines) is 1. The number of benzene rings is 1. The second-order valence-electron chi connectivity index (χ2n) is 5.61. The van der Waals surface area contributed by atoms with Crippen molar-refractivity contribution in [1.82, 2.24) is 9.88 Å². The summed E-state index contributed by atoms with van der Waals surface area (Å²) < 4.78 is 0. The van der Waals surface area contributed by atoms with Crippen molar-refractivity contribution in [2.45, 2.75) is 25.9 Å². The molecule has 21 heavy (non-hydrogen) atoms. The third-order valence-electron chi connectivity index (χ3n) is 3.94. The number of anilines is 1.